The van der Waals surface area contributed by atoms with Crippen molar-refractivity contribution in [2.75, 3.05) is 19.6 Å². The summed E-state index contributed by atoms with van der Waals surface area (Å²) in [5.41, 5.74) is 8.26. The van der Waals surface area contributed by atoms with Crippen molar-refractivity contribution in [3.8, 4) is 5.69 Å². The SMILES string of the molecule is NCC(c1cnn(-c2ccccc2)c1)N1CCCC1. The normalized spacial score (nSPS) is 17.7. The zero-order valence-electron chi connectivity index (χ0n) is 11.1. The van der Waals surface area contributed by atoms with Gasteiger partial charge in [0.15, 0.2) is 0 Å². The van der Waals surface area contributed by atoms with E-state index in [9.17, 15) is 0 Å². The van der Waals surface area contributed by atoms with Gasteiger partial charge in [-0.3, -0.25) is 4.90 Å². The van der Waals surface area contributed by atoms with Gasteiger partial charge in [-0.1, -0.05) is 18.2 Å². The second-order valence-electron chi connectivity index (χ2n) is 5.05. The smallest absolute Gasteiger partial charge is 0.0645 e. The largest absolute Gasteiger partial charge is 0.329 e. The molecule has 2 aromatic rings. The standard InChI is InChI=1S/C15H20N4/c16-10-15(18-8-4-5-9-18)13-11-17-19(12-13)14-6-2-1-3-7-14/h1-3,6-7,11-12,15H,4-5,8-10,16H2. The van der Waals surface area contributed by atoms with Crippen LogP contribution in [0.15, 0.2) is 42.7 Å². The first-order valence-electron chi connectivity index (χ1n) is 6.92. The zero-order valence-corrected chi connectivity index (χ0v) is 11.1. The minimum atomic E-state index is 0.306. The van der Waals surface area contributed by atoms with Gasteiger partial charge >= 0.3 is 0 Å². The molecule has 1 unspecified atom stereocenters. The first-order valence-corrected chi connectivity index (χ1v) is 6.92. The minimum Gasteiger partial charge on any atom is -0.329 e. The molecule has 0 radical (unpaired) electrons. The maximum absolute atomic E-state index is 5.95. The van der Waals surface area contributed by atoms with Gasteiger partial charge in [-0.2, -0.15) is 5.10 Å². The van der Waals surface area contributed by atoms with Crippen molar-refractivity contribution in [2.45, 2.75) is 18.9 Å². The quantitative estimate of drug-likeness (QED) is 0.909. The van der Waals surface area contributed by atoms with Crippen LogP contribution in [-0.2, 0) is 0 Å². The lowest BCUT2D eigenvalue weighted by Gasteiger charge is -2.24. The second-order valence-corrected chi connectivity index (χ2v) is 5.05. The third-order valence-electron chi connectivity index (χ3n) is 3.81. The van der Waals surface area contributed by atoms with Crippen molar-refractivity contribution in [3.05, 3.63) is 48.3 Å². The van der Waals surface area contributed by atoms with Gasteiger partial charge in [0.25, 0.3) is 0 Å². The monoisotopic (exact) mass is 256 g/mol. The van der Waals surface area contributed by atoms with Crippen molar-refractivity contribution in [1.29, 1.82) is 0 Å². The van der Waals surface area contributed by atoms with E-state index in [1.165, 1.54) is 18.4 Å². The molecule has 0 bridgehead atoms. The van der Waals surface area contributed by atoms with Crippen LogP contribution in [-0.4, -0.2) is 34.3 Å². The van der Waals surface area contributed by atoms with E-state index in [1.54, 1.807) is 0 Å². The van der Waals surface area contributed by atoms with Crippen molar-refractivity contribution < 1.29 is 0 Å². The number of para-hydroxylation sites is 1. The molecule has 0 saturated carbocycles. The van der Waals surface area contributed by atoms with Gasteiger partial charge in [0.1, 0.15) is 0 Å². The average molecular weight is 256 g/mol. The van der Waals surface area contributed by atoms with Gasteiger partial charge in [0, 0.05) is 18.3 Å². The highest BCUT2D eigenvalue weighted by Crippen LogP contribution is 2.24. The number of nitrogens with zero attached hydrogens (tertiary/aromatic N) is 3. The van der Waals surface area contributed by atoms with Crippen molar-refractivity contribution in [2.24, 2.45) is 5.73 Å². The van der Waals surface area contributed by atoms with Gasteiger partial charge in [0.05, 0.1) is 17.9 Å². The van der Waals surface area contributed by atoms with Gasteiger partial charge in [-0.15, -0.1) is 0 Å². The molecule has 0 amide bonds. The summed E-state index contributed by atoms with van der Waals surface area (Å²) in [6.07, 6.45) is 6.61. The van der Waals surface area contributed by atoms with E-state index in [0.29, 0.717) is 12.6 Å². The van der Waals surface area contributed by atoms with E-state index in [-0.39, 0.29) is 0 Å². The molecule has 1 aromatic heterocycles. The number of hydrogen-bond donors (Lipinski definition) is 1. The van der Waals surface area contributed by atoms with Gasteiger partial charge < -0.3 is 5.73 Å². The molecule has 0 spiro atoms. The highest BCUT2D eigenvalue weighted by Gasteiger charge is 2.23. The lowest BCUT2D eigenvalue weighted by atomic mass is 10.1. The fourth-order valence-corrected chi connectivity index (χ4v) is 2.78. The first-order chi connectivity index (χ1) is 9.38. The molecule has 1 saturated heterocycles. The number of aromatic nitrogens is 2. The van der Waals surface area contributed by atoms with E-state index in [2.05, 4.69) is 28.3 Å². The second kappa shape index (κ2) is 5.55. The molecule has 4 nitrogen and oxygen atoms in total. The number of likely N-dealkylation sites (tertiary alicyclic amines) is 1. The lowest BCUT2D eigenvalue weighted by molar-refractivity contribution is 0.251. The highest BCUT2D eigenvalue weighted by atomic mass is 15.3. The molecule has 0 aliphatic carbocycles. The molecule has 1 aliphatic rings. The zero-order chi connectivity index (χ0) is 13.1. The van der Waals surface area contributed by atoms with Crippen molar-refractivity contribution in [3.63, 3.8) is 0 Å². The molecule has 1 atom stereocenters. The molecule has 3 rings (SSSR count). The Bertz CT molecular complexity index is 514. The number of rotatable bonds is 4. The Balaban J connectivity index is 1.83. The van der Waals surface area contributed by atoms with Crippen LogP contribution in [0, 0.1) is 0 Å². The van der Waals surface area contributed by atoms with Crippen LogP contribution in [0.4, 0.5) is 0 Å². The van der Waals surface area contributed by atoms with Gasteiger partial charge in [0.2, 0.25) is 0 Å². The van der Waals surface area contributed by atoms with Gasteiger partial charge in [-0.05, 0) is 38.1 Å². The fraction of sp³-hybridized carbons (Fsp3) is 0.400. The number of hydrogen-bond acceptors (Lipinski definition) is 3. The van der Waals surface area contributed by atoms with Crippen molar-refractivity contribution >= 4 is 0 Å². The maximum Gasteiger partial charge on any atom is 0.0645 e. The first kappa shape index (κ1) is 12.4. The van der Waals surface area contributed by atoms with E-state index < -0.39 is 0 Å². The molecule has 2 heterocycles. The Kier molecular flexibility index (Phi) is 3.62. The van der Waals surface area contributed by atoms with E-state index in [1.807, 2.05) is 29.1 Å². The molecule has 1 aliphatic heterocycles. The molecule has 1 fully saturated rings. The third-order valence-corrected chi connectivity index (χ3v) is 3.81. The summed E-state index contributed by atoms with van der Waals surface area (Å²) in [6, 6.07) is 10.5. The Hall–Kier alpha value is -1.65. The minimum absolute atomic E-state index is 0.306. The molecule has 4 heteroatoms. The maximum atomic E-state index is 5.95. The third kappa shape index (κ3) is 2.55. The molecule has 100 valence electrons. The van der Waals surface area contributed by atoms with E-state index >= 15 is 0 Å². The Morgan fingerprint density at radius 1 is 1.16 bits per heavy atom. The molecule has 2 N–H and O–H groups in total. The van der Waals surface area contributed by atoms with Crippen LogP contribution < -0.4 is 5.73 Å². The number of benzene rings is 1. The molecule has 19 heavy (non-hydrogen) atoms. The van der Waals surface area contributed by atoms with E-state index in [0.717, 1.165) is 18.8 Å². The Morgan fingerprint density at radius 2 is 1.89 bits per heavy atom. The summed E-state index contributed by atoms with van der Waals surface area (Å²) in [4.78, 5) is 2.46. The summed E-state index contributed by atoms with van der Waals surface area (Å²) in [6.45, 7) is 2.96. The molecular weight excluding hydrogens is 236 g/mol. The Labute approximate surface area is 113 Å². The lowest BCUT2D eigenvalue weighted by Crippen LogP contribution is -2.31. The summed E-state index contributed by atoms with van der Waals surface area (Å²) in [5.74, 6) is 0. The van der Waals surface area contributed by atoms with Crippen LogP contribution >= 0.6 is 0 Å². The fourth-order valence-electron chi connectivity index (χ4n) is 2.78. The number of nitrogens with two attached hydrogens (primary N) is 1. The summed E-state index contributed by atoms with van der Waals surface area (Å²) < 4.78 is 1.92. The average Bonchev–Trinajstić information content (AvgIpc) is 3.12. The topological polar surface area (TPSA) is 47.1 Å². The predicted octanol–water partition coefficient (Wildman–Crippen LogP) is 1.97. The van der Waals surface area contributed by atoms with Crippen LogP contribution in [0.3, 0.4) is 0 Å². The summed E-state index contributed by atoms with van der Waals surface area (Å²) >= 11 is 0. The van der Waals surface area contributed by atoms with Crippen LogP contribution in [0.2, 0.25) is 0 Å². The molecular formula is C15H20N4. The predicted molar refractivity (Wildman–Crippen MR) is 76.2 cm³/mol. The van der Waals surface area contributed by atoms with Gasteiger partial charge in [-0.25, -0.2) is 4.68 Å². The van der Waals surface area contributed by atoms with Crippen LogP contribution in [0.5, 0.6) is 0 Å². The molecule has 1 aromatic carbocycles. The van der Waals surface area contributed by atoms with E-state index in [4.69, 9.17) is 5.73 Å². The summed E-state index contributed by atoms with van der Waals surface area (Å²) in [5, 5.41) is 4.46. The van der Waals surface area contributed by atoms with Crippen molar-refractivity contribution in [1.82, 2.24) is 14.7 Å². The Morgan fingerprint density at radius 3 is 2.58 bits per heavy atom. The highest BCUT2D eigenvalue weighted by molar-refractivity contribution is 5.31. The summed E-state index contributed by atoms with van der Waals surface area (Å²) in [7, 11) is 0. The van der Waals surface area contributed by atoms with Crippen LogP contribution in [0.25, 0.3) is 5.69 Å². The van der Waals surface area contributed by atoms with Crippen LogP contribution in [0.1, 0.15) is 24.4 Å².